The Labute approximate surface area is 93.5 Å². The zero-order chi connectivity index (χ0) is 10.9. The van der Waals surface area contributed by atoms with Gasteiger partial charge in [0.2, 0.25) is 0 Å². The molecule has 2 unspecified atom stereocenters. The van der Waals surface area contributed by atoms with E-state index in [9.17, 15) is 5.11 Å². The van der Waals surface area contributed by atoms with E-state index < -0.39 is 0 Å². The first-order valence-electron chi connectivity index (χ1n) is 6.52. The molecule has 0 aliphatic heterocycles. The zero-order valence-corrected chi connectivity index (χ0v) is 10.1. The third kappa shape index (κ3) is 2.36. The molecule has 0 amide bonds. The maximum atomic E-state index is 9.62. The average Bonchev–Trinajstić information content (AvgIpc) is 2.69. The van der Waals surface area contributed by atoms with Crippen LogP contribution in [-0.4, -0.2) is 23.8 Å². The first-order valence-corrected chi connectivity index (χ1v) is 6.52. The molecule has 0 aromatic rings. The van der Waals surface area contributed by atoms with Crippen molar-refractivity contribution in [1.82, 2.24) is 5.32 Å². The highest BCUT2D eigenvalue weighted by Gasteiger charge is 2.46. The van der Waals surface area contributed by atoms with Gasteiger partial charge in [0.1, 0.15) is 0 Å². The van der Waals surface area contributed by atoms with Gasteiger partial charge in [-0.25, -0.2) is 0 Å². The largest absolute Gasteiger partial charge is 0.392 e. The maximum Gasteiger partial charge on any atom is 0.0621 e. The standard InChI is InChI=1S/C13H25NO/c1-13(2)11(9-12(13)15)14-8-7-10-5-3-4-6-10/h10-12,14-15H,3-9H2,1-2H3. The molecule has 0 radical (unpaired) electrons. The predicted molar refractivity (Wildman–Crippen MR) is 62.8 cm³/mol. The minimum atomic E-state index is -0.0959. The molecule has 2 aliphatic carbocycles. The van der Waals surface area contributed by atoms with E-state index in [-0.39, 0.29) is 11.5 Å². The van der Waals surface area contributed by atoms with E-state index in [4.69, 9.17) is 0 Å². The summed E-state index contributed by atoms with van der Waals surface area (Å²) in [5.41, 5.74) is 0.0929. The third-order valence-electron chi connectivity index (χ3n) is 4.63. The molecule has 2 saturated carbocycles. The van der Waals surface area contributed by atoms with E-state index in [1.165, 1.54) is 32.1 Å². The summed E-state index contributed by atoms with van der Waals surface area (Å²) in [5, 5.41) is 13.2. The van der Waals surface area contributed by atoms with Gasteiger partial charge in [0.15, 0.2) is 0 Å². The van der Waals surface area contributed by atoms with E-state index in [0.29, 0.717) is 6.04 Å². The Hall–Kier alpha value is -0.0800. The second-order valence-electron chi connectivity index (χ2n) is 6.02. The molecule has 0 bridgehead atoms. The molecule has 0 aromatic heterocycles. The molecular weight excluding hydrogens is 186 g/mol. The molecule has 0 heterocycles. The van der Waals surface area contributed by atoms with E-state index in [0.717, 1.165) is 18.9 Å². The third-order valence-corrected chi connectivity index (χ3v) is 4.63. The topological polar surface area (TPSA) is 32.3 Å². The molecule has 2 heteroatoms. The summed E-state index contributed by atoms with van der Waals surface area (Å²) in [7, 11) is 0. The molecule has 2 atom stereocenters. The summed E-state index contributed by atoms with van der Waals surface area (Å²) in [4.78, 5) is 0. The van der Waals surface area contributed by atoms with Crippen LogP contribution in [0.25, 0.3) is 0 Å². The molecule has 0 spiro atoms. The van der Waals surface area contributed by atoms with Crippen LogP contribution in [0.5, 0.6) is 0 Å². The second-order valence-corrected chi connectivity index (χ2v) is 6.02. The van der Waals surface area contributed by atoms with Crippen molar-refractivity contribution in [2.24, 2.45) is 11.3 Å². The van der Waals surface area contributed by atoms with Crippen LogP contribution < -0.4 is 5.32 Å². The van der Waals surface area contributed by atoms with Crippen molar-refractivity contribution in [3.63, 3.8) is 0 Å². The van der Waals surface area contributed by atoms with Crippen LogP contribution in [0.1, 0.15) is 52.4 Å². The van der Waals surface area contributed by atoms with Gasteiger partial charge in [0, 0.05) is 11.5 Å². The summed E-state index contributed by atoms with van der Waals surface area (Å²) >= 11 is 0. The van der Waals surface area contributed by atoms with E-state index in [2.05, 4.69) is 19.2 Å². The van der Waals surface area contributed by atoms with Crippen molar-refractivity contribution < 1.29 is 5.11 Å². The van der Waals surface area contributed by atoms with Gasteiger partial charge in [-0.2, -0.15) is 0 Å². The number of aliphatic hydroxyl groups is 1. The van der Waals surface area contributed by atoms with Crippen LogP contribution in [-0.2, 0) is 0 Å². The lowest BCUT2D eigenvalue weighted by Gasteiger charge is -2.49. The molecule has 0 saturated heterocycles. The molecule has 2 aliphatic rings. The summed E-state index contributed by atoms with van der Waals surface area (Å²) in [6, 6.07) is 0.536. The van der Waals surface area contributed by atoms with Gasteiger partial charge in [0.05, 0.1) is 6.10 Å². The Bertz CT molecular complexity index is 209. The van der Waals surface area contributed by atoms with Crippen molar-refractivity contribution in [3.05, 3.63) is 0 Å². The first-order chi connectivity index (χ1) is 7.10. The van der Waals surface area contributed by atoms with Crippen LogP contribution in [0.4, 0.5) is 0 Å². The summed E-state index contributed by atoms with van der Waals surface area (Å²) in [6.07, 6.45) is 7.95. The van der Waals surface area contributed by atoms with Crippen molar-refractivity contribution in [2.45, 2.75) is 64.5 Å². The molecule has 0 aromatic carbocycles. The number of hydrogen-bond acceptors (Lipinski definition) is 2. The monoisotopic (exact) mass is 211 g/mol. The van der Waals surface area contributed by atoms with Crippen LogP contribution in [0.15, 0.2) is 0 Å². The van der Waals surface area contributed by atoms with Crippen LogP contribution in [0.2, 0.25) is 0 Å². The van der Waals surface area contributed by atoms with Crippen LogP contribution in [0.3, 0.4) is 0 Å². The number of hydrogen-bond donors (Lipinski definition) is 2. The van der Waals surface area contributed by atoms with Crippen LogP contribution in [0, 0.1) is 11.3 Å². The number of nitrogens with one attached hydrogen (secondary N) is 1. The lowest BCUT2D eigenvalue weighted by molar-refractivity contribution is -0.0724. The Balaban J connectivity index is 1.62. The summed E-state index contributed by atoms with van der Waals surface area (Å²) in [6.45, 7) is 5.47. The molecule has 2 rings (SSSR count). The Morgan fingerprint density at radius 3 is 2.47 bits per heavy atom. The fourth-order valence-corrected chi connectivity index (χ4v) is 3.01. The highest BCUT2D eigenvalue weighted by molar-refractivity contribution is 5.01. The molecule has 2 N–H and O–H groups in total. The highest BCUT2D eigenvalue weighted by Crippen LogP contribution is 2.40. The maximum absolute atomic E-state index is 9.62. The Morgan fingerprint density at radius 1 is 1.27 bits per heavy atom. The molecule has 15 heavy (non-hydrogen) atoms. The van der Waals surface area contributed by atoms with Gasteiger partial charge in [0.25, 0.3) is 0 Å². The average molecular weight is 211 g/mol. The van der Waals surface area contributed by atoms with Crippen molar-refractivity contribution in [2.75, 3.05) is 6.54 Å². The minimum absolute atomic E-state index is 0.0929. The van der Waals surface area contributed by atoms with Gasteiger partial charge in [-0.15, -0.1) is 0 Å². The Kier molecular flexibility index (Phi) is 3.36. The summed E-state index contributed by atoms with van der Waals surface area (Å²) < 4.78 is 0. The fourth-order valence-electron chi connectivity index (χ4n) is 3.01. The van der Waals surface area contributed by atoms with Gasteiger partial charge in [-0.05, 0) is 25.3 Å². The smallest absolute Gasteiger partial charge is 0.0621 e. The van der Waals surface area contributed by atoms with E-state index >= 15 is 0 Å². The highest BCUT2D eigenvalue weighted by atomic mass is 16.3. The zero-order valence-electron chi connectivity index (χ0n) is 10.1. The molecule has 88 valence electrons. The fraction of sp³-hybridized carbons (Fsp3) is 1.00. The SMILES string of the molecule is CC1(C)C(O)CC1NCCC1CCCC1. The van der Waals surface area contributed by atoms with Gasteiger partial charge < -0.3 is 10.4 Å². The van der Waals surface area contributed by atoms with Crippen LogP contribution >= 0.6 is 0 Å². The van der Waals surface area contributed by atoms with Crippen molar-refractivity contribution in [3.8, 4) is 0 Å². The van der Waals surface area contributed by atoms with Gasteiger partial charge in [-0.3, -0.25) is 0 Å². The van der Waals surface area contributed by atoms with Crippen molar-refractivity contribution in [1.29, 1.82) is 0 Å². The lowest BCUT2D eigenvalue weighted by atomic mass is 9.64. The minimum Gasteiger partial charge on any atom is -0.392 e. The molecule has 2 fully saturated rings. The first kappa shape index (κ1) is 11.4. The van der Waals surface area contributed by atoms with E-state index in [1.54, 1.807) is 0 Å². The van der Waals surface area contributed by atoms with Gasteiger partial charge in [-0.1, -0.05) is 39.5 Å². The second kappa shape index (κ2) is 4.42. The Morgan fingerprint density at radius 2 is 1.93 bits per heavy atom. The lowest BCUT2D eigenvalue weighted by Crippen LogP contribution is -2.60. The quantitative estimate of drug-likeness (QED) is 0.748. The van der Waals surface area contributed by atoms with E-state index in [1.807, 2.05) is 0 Å². The normalized spacial score (nSPS) is 35.4. The van der Waals surface area contributed by atoms with Crippen molar-refractivity contribution >= 4 is 0 Å². The summed E-state index contributed by atoms with van der Waals surface area (Å²) in [5.74, 6) is 0.977. The number of aliphatic hydroxyl groups excluding tert-OH is 1. The number of rotatable bonds is 4. The molecular formula is C13H25NO. The predicted octanol–water partition coefficient (Wildman–Crippen LogP) is 2.32. The molecule has 2 nitrogen and oxygen atoms in total. The van der Waals surface area contributed by atoms with Gasteiger partial charge >= 0.3 is 0 Å².